The first-order chi connectivity index (χ1) is 10.2. The molecule has 0 bridgehead atoms. The maximum Gasteiger partial charge on any atom is 0.217 e. The SMILES string of the molecule is NC(=O)C[C@H]1CCCN(Cc2cnc(C3CCCC3)s2)C1. The number of primary amides is 1. The predicted molar refractivity (Wildman–Crippen MR) is 85.1 cm³/mol. The Morgan fingerprint density at radius 3 is 2.90 bits per heavy atom. The standard InChI is InChI=1S/C16H25N3OS/c17-15(20)8-12-4-3-7-19(10-12)11-14-9-18-16(21-14)13-5-1-2-6-13/h9,12-13H,1-8,10-11H2,(H2,17,20)/t12-/m1/s1. The van der Waals surface area contributed by atoms with Gasteiger partial charge in [-0.15, -0.1) is 11.3 Å². The minimum Gasteiger partial charge on any atom is -0.370 e. The Labute approximate surface area is 130 Å². The van der Waals surface area contributed by atoms with Crippen molar-refractivity contribution in [3.05, 3.63) is 16.1 Å². The molecule has 4 nitrogen and oxygen atoms in total. The molecule has 1 saturated carbocycles. The summed E-state index contributed by atoms with van der Waals surface area (Å²) in [6.07, 6.45) is 10.3. The first-order valence-electron chi connectivity index (χ1n) is 8.16. The van der Waals surface area contributed by atoms with E-state index >= 15 is 0 Å². The molecule has 0 radical (unpaired) electrons. The highest BCUT2D eigenvalue weighted by atomic mass is 32.1. The van der Waals surface area contributed by atoms with Gasteiger partial charge in [-0.2, -0.15) is 0 Å². The lowest BCUT2D eigenvalue weighted by molar-refractivity contribution is -0.119. The van der Waals surface area contributed by atoms with E-state index in [1.165, 1.54) is 42.0 Å². The monoisotopic (exact) mass is 307 g/mol. The van der Waals surface area contributed by atoms with Crippen LogP contribution in [0.5, 0.6) is 0 Å². The quantitative estimate of drug-likeness (QED) is 0.910. The lowest BCUT2D eigenvalue weighted by Gasteiger charge is -2.31. The van der Waals surface area contributed by atoms with Gasteiger partial charge in [-0.3, -0.25) is 9.69 Å². The van der Waals surface area contributed by atoms with Crippen molar-refractivity contribution in [3.63, 3.8) is 0 Å². The molecule has 0 spiro atoms. The number of carbonyl (C=O) groups excluding carboxylic acids is 1. The zero-order valence-corrected chi connectivity index (χ0v) is 13.4. The van der Waals surface area contributed by atoms with Crippen LogP contribution in [0.2, 0.25) is 0 Å². The van der Waals surface area contributed by atoms with Gasteiger partial charge in [0, 0.05) is 36.5 Å². The molecule has 1 saturated heterocycles. The number of thiazole rings is 1. The number of rotatable bonds is 5. The zero-order valence-electron chi connectivity index (χ0n) is 12.6. The van der Waals surface area contributed by atoms with Crippen LogP contribution in [-0.4, -0.2) is 28.9 Å². The number of hydrogen-bond donors (Lipinski definition) is 1. The van der Waals surface area contributed by atoms with Crippen LogP contribution in [-0.2, 0) is 11.3 Å². The van der Waals surface area contributed by atoms with Crippen LogP contribution in [0.15, 0.2) is 6.20 Å². The second kappa shape index (κ2) is 6.88. The minimum atomic E-state index is -0.164. The molecule has 2 N–H and O–H groups in total. The molecule has 2 fully saturated rings. The Hall–Kier alpha value is -0.940. The Morgan fingerprint density at radius 2 is 2.14 bits per heavy atom. The number of piperidine rings is 1. The zero-order chi connectivity index (χ0) is 14.7. The molecule has 0 unspecified atom stereocenters. The molecule has 5 heteroatoms. The highest BCUT2D eigenvalue weighted by Crippen LogP contribution is 2.36. The second-order valence-electron chi connectivity index (χ2n) is 6.56. The summed E-state index contributed by atoms with van der Waals surface area (Å²) in [6, 6.07) is 0. The van der Waals surface area contributed by atoms with E-state index in [1.54, 1.807) is 0 Å². The summed E-state index contributed by atoms with van der Waals surface area (Å²) in [6.45, 7) is 3.12. The molecule has 1 aliphatic carbocycles. The van der Waals surface area contributed by atoms with Gasteiger partial charge >= 0.3 is 0 Å². The van der Waals surface area contributed by atoms with Crippen LogP contribution in [0.3, 0.4) is 0 Å². The highest BCUT2D eigenvalue weighted by molar-refractivity contribution is 7.11. The molecule has 116 valence electrons. The van der Waals surface area contributed by atoms with Gasteiger partial charge in [-0.25, -0.2) is 4.98 Å². The topological polar surface area (TPSA) is 59.2 Å². The van der Waals surface area contributed by atoms with Crippen LogP contribution in [0, 0.1) is 5.92 Å². The number of likely N-dealkylation sites (tertiary alicyclic amines) is 1. The van der Waals surface area contributed by atoms with Crippen molar-refractivity contribution < 1.29 is 4.79 Å². The van der Waals surface area contributed by atoms with E-state index in [4.69, 9.17) is 5.73 Å². The van der Waals surface area contributed by atoms with Gasteiger partial charge in [0.25, 0.3) is 0 Å². The normalized spacial score (nSPS) is 24.5. The smallest absolute Gasteiger partial charge is 0.217 e. The number of aromatic nitrogens is 1. The number of nitrogens with two attached hydrogens (primary N) is 1. The lowest BCUT2D eigenvalue weighted by atomic mass is 9.94. The van der Waals surface area contributed by atoms with Crippen LogP contribution >= 0.6 is 11.3 Å². The van der Waals surface area contributed by atoms with Crippen molar-refractivity contribution >= 4 is 17.2 Å². The van der Waals surface area contributed by atoms with Crippen molar-refractivity contribution in [2.24, 2.45) is 11.7 Å². The van der Waals surface area contributed by atoms with Gasteiger partial charge in [0.15, 0.2) is 0 Å². The van der Waals surface area contributed by atoms with Crippen molar-refractivity contribution in [1.82, 2.24) is 9.88 Å². The lowest BCUT2D eigenvalue weighted by Crippen LogP contribution is -2.36. The summed E-state index contributed by atoms with van der Waals surface area (Å²) in [5.41, 5.74) is 5.33. The number of carbonyl (C=O) groups is 1. The Morgan fingerprint density at radius 1 is 1.33 bits per heavy atom. The van der Waals surface area contributed by atoms with Crippen LogP contribution < -0.4 is 5.73 Å². The summed E-state index contributed by atoms with van der Waals surface area (Å²) in [7, 11) is 0. The molecule has 3 rings (SSSR count). The molecule has 0 aromatic carbocycles. The minimum absolute atomic E-state index is 0.164. The fraction of sp³-hybridized carbons (Fsp3) is 0.750. The molecule has 2 aliphatic rings. The molecule has 21 heavy (non-hydrogen) atoms. The van der Waals surface area contributed by atoms with E-state index in [9.17, 15) is 4.79 Å². The largest absolute Gasteiger partial charge is 0.370 e. The van der Waals surface area contributed by atoms with Gasteiger partial charge < -0.3 is 5.73 Å². The average molecular weight is 307 g/mol. The number of amides is 1. The van der Waals surface area contributed by atoms with E-state index < -0.39 is 0 Å². The van der Waals surface area contributed by atoms with Crippen molar-refractivity contribution in [1.29, 1.82) is 0 Å². The predicted octanol–water partition coefficient (Wildman–Crippen LogP) is 2.89. The van der Waals surface area contributed by atoms with Gasteiger partial charge in [0.2, 0.25) is 5.91 Å². The van der Waals surface area contributed by atoms with E-state index in [1.807, 2.05) is 11.3 Å². The van der Waals surface area contributed by atoms with Gasteiger partial charge in [-0.1, -0.05) is 12.8 Å². The molecule has 1 aliphatic heterocycles. The molecule has 1 aromatic rings. The average Bonchev–Trinajstić information content (AvgIpc) is 3.08. The maximum atomic E-state index is 11.1. The van der Waals surface area contributed by atoms with E-state index in [0.717, 1.165) is 26.1 Å². The summed E-state index contributed by atoms with van der Waals surface area (Å²) in [5.74, 6) is 0.995. The van der Waals surface area contributed by atoms with E-state index in [-0.39, 0.29) is 5.91 Å². The fourth-order valence-electron chi connectivity index (χ4n) is 3.72. The first-order valence-corrected chi connectivity index (χ1v) is 8.97. The first kappa shape index (κ1) is 15.0. The Balaban J connectivity index is 1.54. The van der Waals surface area contributed by atoms with Crippen molar-refractivity contribution in [2.45, 2.75) is 57.4 Å². The Kier molecular flexibility index (Phi) is 4.91. The van der Waals surface area contributed by atoms with Crippen molar-refractivity contribution in [2.75, 3.05) is 13.1 Å². The van der Waals surface area contributed by atoms with Gasteiger partial charge in [-0.05, 0) is 38.1 Å². The van der Waals surface area contributed by atoms with Crippen LogP contribution in [0.4, 0.5) is 0 Å². The summed E-state index contributed by atoms with van der Waals surface area (Å²) >= 11 is 1.89. The summed E-state index contributed by atoms with van der Waals surface area (Å²) < 4.78 is 0. The maximum absolute atomic E-state index is 11.1. The second-order valence-corrected chi connectivity index (χ2v) is 7.71. The molecular formula is C16H25N3OS. The Bertz CT molecular complexity index is 482. The van der Waals surface area contributed by atoms with Crippen LogP contribution in [0.1, 0.15) is 60.7 Å². The summed E-state index contributed by atoms with van der Waals surface area (Å²) in [4.78, 5) is 19.6. The number of nitrogens with zero attached hydrogens (tertiary/aromatic N) is 2. The molecule has 2 heterocycles. The molecule has 1 amide bonds. The van der Waals surface area contributed by atoms with Gasteiger partial charge in [0.05, 0.1) is 5.01 Å². The van der Waals surface area contributed by atoms with Crippen LogP contribution in [0.25, 0.3) is 0 Å². The third-order valence-electron chi connectivity index (χ3n) is 4.75. The third kappa shape index (κ3) is 4.04. The van der Waals surface area contributed by atoms with E-state index in [2.05, 4.69) is 16.1 Å². The van der Waals surface area contributed by atoms with Gasteiger partial charge in [0.1, 0.15) is 0 Å². The molecular weight excluding hydrogens is 282 g/mol. The highest BCUT2D eigenvalue weighted by Gasteiger charge is 2.23. The summed E-state index contributed by atoms with van der Waals surface area (Å²) in [5, 5.41) is 1.34. The number of hydrogen-bond acceptors (Lipinski definition) is 4. The molecule has 1 atom stereocenters. The molecule has 1 aromatic heterocycles. The third-order valence-corrected chi connectivity index (χ3v) is 5.89. The van der Waals surface area contributed by atoms with E-state index in [0.29, 0.717) is 18.3 Å². The fourth-order valence-corrected chi connectivity index (χ4v) is 4.85. The van der Waals surface area contributed by atoms with Crippen molar-refractivity contribution in [3.8, 4) is 0 Å².